The molecule has 1 aromatic rings. The molecule has 28 heavy (non-hydrogen) atoms. The molecule has 0 radical (unpaired) electrons. The Kier molecular flexibility index (Phi) is 10.0. The van der Waals surface area contributed by atoms with Crippen molar-refractivity contribution in [2.45, 2.75) is 92.8 Å². The lowest BCUT2D eigenvalue weighted by Crippen LogP contribution is -2.47. The monoisotopic (exact) mass is 391 g/mol. The van der Waals surface area contributed by atoms with Crippen molar-refractivity contribution in [1.82, 2.24) is 0 Å². The Hall–Kier alpha value is -1.55. The molecule has 0 heterocycles. The van der Waals surface area contributed by atoms with Crippen molar-refractivity contribution in [3.05, 3.63) is 23.8 Å². The van der Waals surface area contributed by atoms with Crippen LogP contribution in [0.1, 0.15) is 79.7 Å². The number of nitrogens with one attached hydrogen (secondary N) is 1. The van der Waals surface area contributed by atoms with Gasteiger partial charge in [-0.05, 0) is 75.1 Å². The van der Waals surface area contributed by atoms with Gasteiger partial charge in [-0.2, -0.15) is 0 Å². The molecule has 1 N–H and O–H groups in total. The Morgan fingerprint density at radius 2 is 1.68 bits per heavy atom. The van der Waals surface area contributed by atoms with Gasteiger partial charge in [0.05, 0.1) is 6.10 Å². The Balaban J connectivity index is 3.06. The minimum Gasteiger partial charge on any atom is -0.490 e. The van der Waals surface area contributed by atoms with Crippen LogP contribution in [0.2, 0.25) is 0 Å². The molecule has 4 nitrogen and oxygen atoms in total. The van der Waals surface area contributed by atoms with Gasteiger partial charge in [-0.3, -0.25) is 4.79 Å². The molecule has 0 aliphatic carbocycles. The zero-order valence-corrected chi connectivity index (χ0v) is 19.2. The number of carbonyl (C=O) groups is 1. The summed E-state index contributed by atoms with van der Waals surface area (Å²) in [6.07, 6.45) is 3.45. The molecule has 1 atom stereocenters. The Morgan fingerprint density at radius 3 is 2.14 bits per heavy atom. The number of hydrogen-bond donors (Lipinski definition) is 1. The summed E-state index contributed by atoms with van der Waals surface area (Å²) in [4.78, 5) is 13.4. The second-order valence-electron chi connectivity index (χ2n) is 8.81. The molecule has 0 saturated heterocycles. The van der Waals surface area contributed by atoms with Crippen molar-refractivity contribution in [3.8, 4) is 5.75 Å². The fraction of sp³-hybridized carbons (Fsp3) is 0.708. The highest BCUT2D eigenvalue weighted by atomic mass is 16.5. The molecule has 0 aromatic heterocycles. The molecule has 4 heteroatoms. The first-order valence-corrected chi connectivity index (χ1v) is 10.9. The van der Waals surface area contributed by atoms with E-state index in [0.717, 1.165) is 29.8 Å². The molecule has 160 valence electrons. The first kappa shape index (κ1) is 24.5. The van der Waals surface area contributed by atoms with E-state index in [-0.39, 0.29) is 12.0 Å². The Morgan fingerprint density at radius 1 is 1.07 bits per heavy atom. The number of anilines is 1. The summed E-state index contributed by atoms with van der Waals surface area (Å²) in [5, 5.41) is 3.12. The predicted molar refractivity (Wildman–Crippen MR) is 118 cm³/mol. The van der Waals surface area contributed by atoms with Crippen molar-refractivity contribution >= 4 is 11.6 Å². The van der Waals surface area contributed by atoms with Crippen LogP contribution >= 0.6 is 0 Å². The molecule has 1 rings (SSSR count). The van der Waals surface area contributed by atoms with Crippen LogP contribution in [0.5, 0.6) is 5.75 Å². The van der Waals surface area contributed by atoms with Gasteiger partial charge in [0.2, 0.25) is 0 Å². The highest BCUT2D eigenvalue weighted by molar-refractivity contribution is 5.97. The van der Waals surface area contributed by atoms with Gasteiger partial charge in [0.1, 0.15) is 11.4 Å². The highest BCUT2D eigenvalue weighted by Gasteiger charge is 2.40. The topological polar surface area (TPSA) is 47.6 Å². The second-order valence-corrected chi connectivity index (χ2v) is 8.81. The number of ether oxygens (including phenoxy) is 2. The number of benzene rings is 1. The van der Waals surface area contributed by atoms with Crippen LogP contribution < -0.4 is 10.1 Å². The van der Waals surface area contributed by atoms with E-state index < -0.39 is 5.60 Å². The van der Waals surface area contributed by atoms with Crippen LogP contribution in [-0.4, -0.2) is 24.2 Å². The maximum absolute atomic E-state index is 13.4. The number of aryl methyl sites for hydroxylation is 1. The molecule has 0 aliphatic rings. The van der Waals surface area contributed by atoms with E-state index in [0.29, 0.717) is 31.3 Å². The standard InChI is InChI=1S/C24H41NO3/c1-9-13-27-24(15-17(3)4,16-18(5)6)23(26)25-21-11-12-22(19(7)14-21)28-20(8)10-2/h11-12,14,17-18,20H,9-10,13,15-16H2,1-8H3,(H,25,26)/t20-/m0/s1. The van der Waals surface area contributed by atoms with Crippen molar-refractivity contribution < 1.29 is 14.3 Å². The van der Waals surface area contributed by atoms with E-state index in [9.17, 15) is 4.79 Å². The van der Waals surface area contributed by atoms with E-state index in [1.807, 2.05) is 25.1 Å². The van der Waals surface area contributed by atoms with Gasteiger partial charge in [0.25, 0.3) is 5.91 Å². The third-order valence-corrected chi connectivity index (χ3v) is 4.81. The van der Waals surface area contributed by atoms with E-state index >= 15 is 0 Å². The van der Waals surface area contributed by atoms with Crippen LogP contribution in [0.4, 0.5) is 5.69 Å². The number of rotatable bonds is 12. The SMILES string of the molecule is CCCOC(CC(C)C)(CC(C)C)C(=O)Nc1ccc(O[C@@H](C)CC)c(C)c1. The summed E-state index contributed by atoms with van der Waals surface area (Å²) in [5.74, 6) is 1.56. The third-order valence-electron chi connectivity index (χ3n) is 4.81. The highest BCUT2D eigenvalue weighted by Crippen LogP contribution is 2.32. The second kappa shape index (κ2) is 11.5. The number of hydrogen-bond acceptors (Lipinski definition) is 3. The quantitative estimate of drug-likeness (QED) is 0.450. The molecular formula is C24H41NO3. The maximum atomic E-state index is 13.4. The summed E-state index contributed by atoms with van der Waals surface area (Å²) in [5.41, 5.74) is 1.01. The molecule has 0 unspecified atom stereocenters. The van der Waals surface area contributed by atoms with Crippen molar-refractivity contribution in [3.63, 3.8) is 0 Å². The lowest BCUT2D eigenvalue weighted by molar-refractivity contribution is -0.147. The van der Waals surface area contributed by atoms with Crippen LogP contribution in [0.25, 0.3) is 0 Å². The number of carbonyl (C=O) groups excluding carboxylic acids is 1. The maximum Gasteiger partial charge on any atom is 0.256 e. The molecule has 0 saturated carbocycles. The summed E-state index contributed by atoms with van der Waals surface area (Å²) >= 11 is 0. The Labute approximate surface area is 172 Å². The van der Waals surface area contributed by atoms with E-state index in [2.05, 4.69) is 53.8 Å². The van der Waals surface area contributed by atoms with Gasteiger partial charge < -0.3 is 14.8 Å². The lowest BCUT2D eigenvalue weighted by atomic mass is 9.83. The molecular weight excluding hydrogens is 350 g/mol. The molecule has 1 amide bonds. The van der Waals surface area contributed by atoms with Crippen LogP contribution in [0, 0.1) is 18.8 Å². The van der Waals surface area contributed by atoms with Gasteiger partial charge >= 0.3 is 0 Å². The van der Waals surface area contributed by atoms with Crippen LogP contribution in [-0.2, 0) is 9.53 Å². The summed E-state index contributed by atoms with van der Waals surface area (Å²) < 4.78 is 12.2. The van der Waals surface area contributed by atoms with Crippen molar-refractivity contribution in [2.75, 3.05) is 11.9 Å². The largest absolute Gasteiger partial charge is 0.490 e. The van der Waals surface area contributed by atoms with E-state index in [1.165, 1.54) is 0 Å². The smallest absolute Gasteiger partial charge is 0.256 e. The van der Waals surface area contributed by atoms with Gasteiger partial charge in [-0.15, -0.1) is 0 Å². The van der Waals surface area contributed by atoms with E-state index in [4.69, 9.17) is 9.47 Å². The first-order chi connectivity index (χ1) is 13.1. The summed E-state index contributed by atoms with van der Waals surface area (Å²) in [6, 6.07) is 5.83. The van der Waals surface area contributed by atoms with Crippen molar-refractivity contribution in [2.24, 2.45) is 11.8 Å². The minimum atomic E-state index is -0.794. The molecule has 0 fully saturated rings. The zero-order valence-electron chi connectivity index (χ0n) is 19.2. The minimum absolute atomic E-state index is 0.0432. The normalized spacial score (nSPS) is 13.1. The average molecular weight is 392 g/mol. The third kappa shape index (κ3) is 7.46. The number of amides is 1. The average Bonchev–Trinajstić information content (AvgIpc) is 2.60. The Bertz CT molecular complexity index is 600. The van der Waals surface area contributed by atoms with Gasteiger partial charge in [0, 0.05) is 12.3 Å². The molecule has 0 bridgehead atoms. The molecule has 1 aromatic carbocycles. The zero-order chi connectivity index (χ0) is 21.3. The van der Waals surface area contributed by atoms with Gasteiger partial charge in [0.15, 0.2) is 0 Å². The van der Waals surface area contributed by atoms with Crippen LogP contribution in [0.3, 0.4) is 0 Å². The summed E-state index contributed by atoms with van der Waals surface area (Å²) in [6.45, 7) is 17.4. The molecule has 0 spiro atoms. The fourth-order valence-electron chi connectivity index (χ4n) is 3.47. The van der Waals surface area contributed by atoms with Gasteiger partial charge in [-0.1, -0.05) is 41.5 Å². The van der Waals surface area contributed by atoms with Crippen molar-refractivity contribution in [1.29, 1.82) is 0 Å². The fourth-order valence-corrected chi connectivity index (χ4v) is 3.47. The first-order valence-electron chi connectivity index (χ1n) is 10.9. The predicted octanol–water partition coefficient (Wildman–Crippen LogP) is 6.37. The summed E-state index contributed by atoms with van der Waals surface area (Å²) in [7, 11) is 0. The van der Waals surface area contributed by atoms with Gasteiger partial charge in [-0.25, -0.2) is 0 Å². The van der Waals surface area contributed by atoms with Crippen LogP contribution in [0.15, 0.2) is 18.2 Å². The van der Waals surface area contributed by atoms with E-state index in [1.54, 1.807) is 0 Å². The molecule has 0 aliphatic heterocycles. The lowest BCUT2D eigenvalue weighted by Gasteiger charge is -2.35.